The van der Waals surface area contributed by atoms with Crippen molar-refractivity contribution in [1.82, 2.24) is 5.32 Å². The standard InChI is InChI=1S/C14H31N/c1-5-8-11-14(15-4,12-9-6-2)13-10-7-3/h15H,5-13H2,1-4H3. The van der Waals surface area contributed by atoms with Gasteiger partial charge in [0.25, 0.3) is 0 Å². The molecule has 0 bridgehead atoms. The number of hydrogen-bond donors (Lipinski definition) is 1. The van der Waals surface area contributed by atoms with E-state index >= 15 is 0 Å². The lowest BCUT2D eigenvalue weighted by Crippen LogP contribution is -2.42. The van der Waals surface area contributed by atoms with E-state index in [-0.39, 0.29) is 0 Å². The molecule has 0 radical (unpaired) electrons. The molecule has 0 heterocycles. The Balaban J connectivity index is 4.16. The third-order valence-corrected chi connectivity index (χ3v) is 3.56. The first kappa shape index (κ1) is 15.0. The molecule has 92 valence electrons. The fourth-order valence-corrected chi connectivity index (χ4v) is 2.30. The molecule has 0 saturated carbocycles. The van der Waals surface area contributed by atoms with E-state index in [1.54, 1.807) is 0 Å². The zero-order valence-corrected chi connectivity index (χ0v) is 11.4. The monoisotopic (exact) mass is 213 g/mol. The van der Waals surface area contributed by atoms with Crippen LogP contribution in [0.15, 0.2) is 0 Å². The summed E-state index contributed by atoms with van der Waals surface area (Å²) in [5.41, 5.74) is 0.446. The number of hydrogen-bond acceptors (Lipinski definition) is 1. The van der Waals surface area contributed by atoms with E-state index in [1.807, 2.05) is 0 Å². The van der Waals surface area contributed by atoms with Crippen LogP contribution in [0.2, 0.25) is 0 Å². The van der Waals surface area contributed by atoms with Gasteiger partial charge in [0.2, 0.25) is 0 Å². The van der Waals surface area contributed by atoms with Gasteiger partial charge < -0.3 is 5.32 Å². The summed E-state index contributed by atoms with van der Waals surface area (Å²) >= 11 is 0. The summed E-state index contributed by atoms with van der Waals surface area (Å²) in [6.07, 6.45) is 12.2. The van der Waals surface area contributed by atoms with Crippen LogP contribution in [0, 0.1) is 0 Å². The molecule has 1 N–H and O–H groups in total. The molecular formula is C14H31N. The summed E-state index contributed by atoms with van der Waals surface area (Å²) in [5.74, 6) is 0. The van der Waals surface area contributed by atoms with E-state index in [0.717, 1.165) is 0 Å². The van der Waals surface area contributed by atoms with E-state index in [0.29, 0.717) is 5.54 Å². The minimum Gasteiger partial charge on any atom is -0.314 e. The van der Waals surface area contributed by atoms with Crippen LogP contribution in [0.4, 0.5) is 0 Å². The molecule has 0 aliphatic heterocycles. The quantitative estimate of drug-likeness (QED) is 0.563. The van der Waals surface area contributed by atoms with Crippen LogP contribution < -0.4 is 5.32 Å². The van der Waals surface area contributed by atoms with Gasteiger partial charge in [-0.05, 0) is 26.3 Å². The predicted octanol–water partition coefficient (Wildman–Crippen LogP) is 4.52. The van der Waals surface area contributed by atoms with Crippen LogP contribution in [-0.2, 0) is 0 Å². The largest absolute Gasteiger partial charge is 0.314 e. The first-order valence-electron chi connectivity index (χ1n) is 6.93. The van der Waals surface area contributed by atoms with Gasteiger partial charge >= 0.3 is 0 Å². The van der Waals surface area contributed by atoms with Crippen molar-refractivity contribution < 1.29 is 0 Å². The molecule has 0 saturated heterocycles. The van der Waals surface area contributed by atoms with E-state index in [9.17, 15) is 0 Å². The molecule has 0 aromatic carbocycles. The van der Waals surface area contributed by atoms with Crippen molar-refractivity contribution in [3.05, 3.63) is 0 Å². The van der Waals surface area contributed by atoms with E-state index in [1.165, 1.54) is 57.8 Å². The third-order valence-electron chi connectivity index (χ3n) is 3.56. The molecule has 0 amide bonds. The molecule has 0 aromatic rings. The average Bonchev–Trinajstić information content (AvgIpc) is 2.29. The Morgan fingerprint density at radius 1 is 0.733 bits per heavy atom. The first-order valence-corrected chi connectivity index (χ1v) is 6.93. The highest BCUT2D eigenvalue weighted by Crippen LogP contribution is 2.27. The molecular weight excluding hydrogens is 182 g/mol. The van der Waals surface area contributed by atoms with Gasteiger partial charge in [0.1, 0.15) is 0 Å². The third kappa shape index (κ3) is 6.19. The van der Waals surface area contributed by atoms with Gasteiger partial charge in [-0.2, -0.15) is 0 Å². The molecule has 0 aliphatic carbocycles. The van der Waals surface area contributed by atoms with Crippen molar-refractivity contribution in [3.8, 4) is 0 Å². The van der Waals surface area contributed by atoms with E-state index in [4.69, 9.17) is 0 Å². The van der Waals surface area contributed by atoms with Gasteiger partial charge in [0.15, 0.2) is 0 Å². The number of rotatable bonds is 10. The highest BCUT2D eigenvalue weighted by molar-refractivity contribution is 4.86. The zero-order chi connectivity index (χ0) is 11.6. The van der Waals surface area contributed by atoms with Gasteiger partial charge in [-0.25, -0.2) is 0 Å². The fraction of sp³-hybridized carbons (Fsp3) is 1.00. The van der Waals surface area contributed by atoms with Crippen molar-refractivity contribution >= 4 is 0 Å². The molecule has 0 unspecified atom stereocenters. The summed E-state index contributed by atoms with van der Waals surface area (Å²) in [6.45, 7) is 6.88. The summed E-state index contributed by atoms with van der Waals surface area (Å²) in [7, 11) is 2.15. The molecule has 0 spiro atoms. The second-order valence-electron chi connectivity index (χ2n) is 4.84. The lowest BCUT2D eigenvalue weighted by atomic mass is 9.83. The molecule has 1 nitrogen and oxygen atoms in total. The van der Waals surface area contributed by atoms with Crippen LogP contribution in [0.3, 0.4) is 0 Å². The Labute approximate surface area is 97.0 Å². The van der Waals surface area contributed by atoms with E-state index in [2.05, 4.69) is 33.1 Å². The lowest BCUT2D eigenvalue weighted by molar-refractivity contribution is 0.259. The van der Waals surface area contributed by atoms with Crippen LogP contribution in [0.1, 0.15) is 78.6 Å². The van der Waals surface area contributed by atoms with Gasteiger partial charge in [0, 0.05) is 5.54 Å². The van der Waals surface area contributed by atoms with Crippen molar-refractivity contribution in [1.29, 1.82) is 0 Å². The number of unbranched alkanes of at least 4 members (excludes halogenated alkanes) is 3. The highest BCUT2D eigenvalue weighted by Gasteiger charge is 2.25. The Hall–Kier alpha value is -0.0400. The normalized spacial score (nSPS) is 12.0. The van der Waals surface area contributed by atoms with Gasteiger partial charge in [-0.3, -0.25) is 0 Å². The molecule has 0 atom stereocenters. The summed E-state index contributed by atoms with van der Waals surface area (Å²) in [5, 5.41) is 3.62. The molecule has 1 heteroatoms. The van der Waals surface area contributed by atoms with Gasteiger partial charge in [-0.1, -0.05) is 59.3 Å². The lowest BCUT2D eigenvalue weighted by Gasteiger charge is -2.34. The molecule has 15 heavy (non-hydrogen) atoms. The Morgan fingerprint density at radius 3 is 1.27 bits per heavy atom. The van der Waals surface area contributed by atoms with Gasteiger partial charge in [-0.15, -0.1) is 0 Å². The van der Waals surface area contributed by atoms with Crippen LogP contribution >= 0.6 is 0 Å². The predicted molar refractivity (Wildman–Crippen MR) is 70.4 cm³/mol. The first-order chi connectivity index (χ1) is 7.24. The van der Waals surface area contributed by atoms with E-state index < -0.39 is 0 Å². The van der Waals surface area contributed by atoms with Crippen LogP contribution in [-0.4, -0.2) is 12.6 Å². The minimum atomic E-state index is 0.446. The Bertz CT molecular complexity index is 110. The zero-order valence-electron chi connectivity index (χ0n) is 11.4. The minimum absolute atomic E-state index is 0.446. The second-order valence-corrected chi connectivity index (χ2v) is 4.84. The maximum atomic E-state index is 3.62. The smallest absolute Gasteiger partial charge is 0.0178 e. The SMILES string of the molecule is CCCCC(CCCC)(CCCC)NC. The Kier molecular flexibility index (Phi) is 9.18. The average molecular weight is 213 g/mol. The molecule has 0 fully saturated rings. The summed E-state index contributed by atoms with van der Waals surface area (Å²) in [6, 6.07) is 0. The summed E-state index contributed by atoms with van der Waals surface area (Å²) < 4.78 is 0. The molecule has 0 aliphatic rings. The van der Waals surface area contributed by atoms with Crippen LogP contribution in [0.5, 0.6) is 0 Å². The topological polar surface area (TPSA) is 12.0 Å². The number of nitrogens with one attached hydrogen (secondary N) is 1. The van der Waals surface area contributed by atoms with Crippen molar-refractivity contribution in [2.24, 2.45) is 0 Å². The maximum absolute atomic E-state index is 3.62. The highest BCUT2D eigenvalue weighted by atomic mass is 14.9. The summed E-state index contributed by atoms with van der Waals surface area (Å²) in [4.78, 5) is 0. The van der Waals surface area contributed by atoms with Gasteiger partial charge in [0.05, 0.1) is 0 Å². The van der Waals surface area contributed by atoms with Crippen LogP contribution in [0.25, 0.3) is 0 Å². The Morgan fingerprint density at radius 2 is 1.07 bits per heavy atom. The second kappa shape index (κ2) is 9.21. The molecule has 0 aromatic heterocycles. The maximum Gasteiger partial charge on any atom is 0.0178 e. The van der Waals surface area contributed by atoms with Crippen molar-refractivity contribution in [2.45, 2.75) is 84.1 Å². The van der Waals surface area contributed by atoms with Crippen molar-refractivity contribution in [2.75, 3.05) is 7.05 Å². The fourth-order valence-electron chi connectivity index (χ4n) is 2.30. The van der Waals surface area contributed by atoms with Crippen molar-refractivity contribution in [3.63, 3.8) is 0 Å². The molecule has 0 rings (SSSR count).